The normalized spacial score (nSPS) is 13.2. The van der Waals surface area contributed by atoms with Gasteiger partial charge in [-0.15, -0.1) is 11.3 Å². The van der Waals surface area contributed by atoms with E-state index in [2.05, 4.69) is 24.6 Å². The zero-order valence-electron chi connectivity index (χ0n) is 7.84. The Labute approximate surface area is 92.9 Å². The maximum absolute atomic E-state index is 5.85. The van der Waals surface area contributed by atoms with Gasteiger partial charge in [-0.05, 0) is 25.3 Å². The van der Waals surface area contributed by atoms with Crippen molar-refractivity contribution in [2.75, 3.05) is 18.6 Å². The standard InChI is InChI=1S/C9H14ClNS2/c1-7(11-5-6-12-2)8-3-4-9(10)13-8/h3-4,7,11H,5-6H2,1-2H3. The summed E-state index contributed by atoms with van der Waals surface area (Å²) in [6.45, 7) is 3.22. The number of thioether (sulfide) groups is 1. The molecule has 0 saturated carbocycles. The van der Waals surface area contributed by atoms with Crippen molar-refractivity contribution in [2.45, 2.75) is 13.0 Å². The van der Waals surface area contributed by atoms with Crippen LogP contribution in [0.2, 0.25) is 4.34 Å². The molecule has 1 aromatic rings. The maximum atomic E-state index is 5.85. The van der Waals surface area contributed by atoms with Crippen LogP contribution in [0.5, 0.6) is 0 Å². The number of hydrogen-bond donors (Lipinski definition) is 1. The molecule has 1 unspecified atom stereocenters. The highest BCUT2D eigenvalue weighted by Gasteiger charge is 2.06. The average molecular weight is 236 g/mol. The highest BCUT2D eigenvalue weighted by Crippen LogP contribution is 2.26. The summed E-state index contributed by atoms with van der Waals surface area (Å²) in [6.07, 6.45) is 2.12. The van der Waals surface area contributed by atoms with Crippen LogP contribution < -0.4 is 5.32 Å². The number of nitrogens with one attached hydrogen (secondary N) is 1. The van der Waals surface area contributed by atoms with Crippen molar-refractivity contribution in [3.63, 3.8) is 0 Å². The summed E-state index contributed by atoms with van der Waals surface area (Å²) in [7, 11) is 0. The molecule has 0 radical (unpaired) electrons. The number of halogens is 1. The fourth-order valence-corrected chi connectivity index (χ4v) is 2.45. The molecule has 0 amide bonds. The highest BCUT2D eigenvalue weighted by atomic mass is 35.5. The van der Waals surface area contributed by atoms with Gasteiger partial charge in [-0.3, -0.25) is 0 Å². The van der Waals surface area contributed by atoms with Crippen LogP contribution in [0.1, 0.15) is 17.8 Å². The first-order valence-corrected chi connectivity index (χ1v) is 6.80. The van der Waals surface area contributed by atoms with Gasteiger partial charge < -0.3 is 5.32 Å². The minimum atomic E-state index is 0.421. The predicted octanol–water partition coefficient (Wildman–Crippen LogP) is 3.42. The smallest absolute Gasteiger partial charge is 0.0931 e. The summed E-state index contributed by atoms with van der Waals surface area (Å²) in [4.78, 5) is 1.31. The van der Waals surface area contributed by atoms with Crippen LogP contribution in [-0.2, 0) is 0 Å². The van der Waals surface area contributed by atoms with E-state index in [4.69, 9.17) is 11.6 Å². The average Bonchev–Trinajstić information content (AvgIpc) is 2.52. The van der Waals surface area contributed by atoms with E-state index in [9.17, 15) is 0 Å². The third-order valence-corrected chi connectivity index (χ3v) is 3.80. The molecule has 1 nitrogen and oxygen atoms in total. The summed E-state index contributed by atoms with van der Waals surface area (Å²) in [5, 5.41) is 3.44. The fourth-order valence-electron chi connectivity index (χ4n) is 1.04. The zero-order chi connectivity index (χ0) is 9.68. The molecule has 13 heavy (non-hydrogen) atoms. The van der Waals surface area contributed by atoms with Gasteiger partial charge in [0.1, 0.15) is 0 Å². The van der Waals surface area contributed by atoms with Crippen molar-refractivity contribution < 1.29 is 0 Å². The van der Waals surface area contributed by atoms with Crippen molar-refractivity contribution in [2.24, 2.45) is 0 Å². The Hall–Kier alpha value is 0.300. The van der Waals surface area contributed by atoms with E-state index in [1.807, 2.05) is 17.8 Å². The van der Waals surface area contributed by atoms with Crippen molar-refractivity contribution in [1.29, 1.82) is 0 Å². The van der Waals surface area contributed by atoms with Gasteiger partial charge in [0.2, 0.25) is 0 Å². The lowest BCUT2D eigenvalue weighted by molar-refractivity contribution is 0.610. The summed E-state index contributed by atoms with van der Waals surface area (Å²) in [5.41, 5.74) is 0. The second-order valence-corrected chi connectivity index (χ2v) is 5.54. The fraction of sp³-hybridized carbons (Fsp3) is 0.556. The van der Waals surface area contributed by atoms with Crippen LogP contribution in [0.25, 0.3) is 0 Å². The first-order chi connectivity index (χ1) is 6.24. The van der Waals surface area contributed by atoms with Gasteiger partial charge in [-0.2, -0.15) is 11.8 Å². The monoisotopic (exact) mass is 235 g/mol. The van der Waals surface area contributed by atoms with E-state index in [1.165, 1.54) is 4.88 Å². The van der Waals surface area contributed by atoms with Gasteiger partial charge in [0.25, 0.3) is 0 Å². The first kappa shape index (κ1) is 11.4. The van der Waals surface area contributed by atoms with Gasteiger partial charge in [-0.25, -0.2) is 0 Å². The number of thiophene rings is 1. The van der Waals surface area contributed by atoms with E-state index < -0.39 is 0 Å². The van der Waals surface area contributed by atoms with E-state index in [-0.39, 0.29) is 0 Å². The van der Waals surface area contributed by atoms with Crippen molar-refractivity contribution >= 4 is 34.7 Å². The van der Waals surface area contributed by atoms with Crippen LogP contribution in [0.4, 0.5) is 0 Å². The maximum Gasteiger partial charge on any atom is 0.0931 e. The third kappa shape index (κ3) is 3.90. The van der Waals surface area contributed by atoms with Gasteiger partial charge >= 0.3 is 0 Å². The minimum absolute atomic E-state index is 0.421. The number of hydrogen-bond acceptors (Lipinski definition) is 3. The van der Waals surface area contributed by atoms with Crippen molar-refractivity contribution in [1.82, 2.24) is 5.32 Å². The van der Waals surface area contributed by atoms with E-state index >= 15 is 0 Å². The van der Waals surface area contributed by atoms with Crippen LogP contribution in [-0.4, -0.2) is 18.6 Å². The Morgan fingerprint density at radius 1 is 1.62 bits per heavy atom. The SMILES string of the molecule is CSCCNC(C)c1ccc(Cl)s1. The van der Waals surface area contributed by atoms with Crippen LogP contribution >= 0.6 is 34.7 Å². The molecule has 0 saturated heterocycles. The van der Waals surface area contributed by atoms with Gasteiger partial charge in [0.15, 0.2) is 0 Å². The second-order valence-electron chi connectivity index (χ2n) is 2.81. The second kappa shape index (κ2) is 5.91. The molecule has 1 heterocycles. The summed E-state index contributed by atoms with van der Waals surface area (Å²) in [5.74, 6) is 1.16. The molecule has 1 aromatic heterocycles. The molecule has 0 aliphatic carbocycles. The lowest BCUT2D eigenvalue weighted by Gasteiger charge is -2.10. The van der Waals surface area contributed by atoms with E-state index in [1.54, 1.807) is 11.3 Å². The quantitative estimate of drug-likeness (QED) is 0.785. The molecular weight excluding hydrogens is 222 g/mol. The van der Waals surface area contributed by atoms with Crippen LogP contribution in [0, 0.1) is 0 Å². The first-order valence-electron chi connectivity index (χ1n) is 4.21. The number of rotatable bonds is 5. The van der Waals surface area contributed by atoms with Crippen molar-refractivity contribution in [3.8, 4) is 0 Å². The molecule has 1 atom stereocenters. The molecule has 1 N–H and O–H groups in total. The van der Waals surface area contributed by atoms with Crippen LogP contribution in [0.3, 0.4) is 0 Å². The Morgan fingerprint density at radius 2 is 2.38 bits per heavy atom. The molecule has 0 bridgehead atoms. The molecule has 74 valence electrons. The molecule has 1 rings (SSSR count). The molecule has 0 aliphatic heterocycles. The predicted molar refractivity (Wildman–Crippen MR) is 64.1 cm³/mol. The minimum Gasteiger partial charge on any atom is -0.309 e. The topological polar surface area (TPSA) is 12.0 Å². The third-order valence-electron chi connectivity index (χ3n) is 1.78. The molecule has 0 aliphatic rings. The molecule has 4 heteroatoms. The molecular formula is C9H14ClNS2. The van der Waals surface area contributed by atoms with Gasteiger partial charge in [0, 0.05) is 23.2 Å². The summed E-state index contributed by atoms with van der Waals surface area (Å²) >= 11 is 9.36. The summed E-state index contributed by atoms with van der Waals surface area (Å²) in [6, 6.07) is 4.46. The summed E-state index contributed by atoms with van der Waals surface area (Å²) < 4.78 is 0.869. The Balaban J connectivity index is 2.35. The lowest BCUT2D eigenvalue weighted by atomic mass is 10.3. The Morgan fingerprint density at radius 3 is 2.92 bits per heavy atom. The van der Waals surface area contributed by atoms with E-state index in [0.29, 0.717) is 6.04 Å². The molecule has 0 aromatic carbocycles. The Bertz CT molecular complexity index is 250. The molecule has 0 fully saturated rings. The molecule has 0 spiro atoms. The van der Waals surface area contributed by atoms with Crippen LogP contribution in [0.15, 0.2) is 12.1 Å². The van der Waals surface area contributed by atoms with E-state index in [0.717, 1.165) is 16.6 Å². The van der Waals surface area contributed by atoms with Crippen molar-refractivity contribution in [3.05, 3.63) is 21.3 Å². The zero-order valence-corrected chi connectivity index (χ0v) is 10.2. The highest BCUT2D eigenvalue weighted by molar-refractivity contribution is 7.98. The van der Waals surface area contributed by atoms with Gasteiger partial charge in [0.05, 0.1) is 4.34 Å². The largest absolute Gasteiger partial charge is 0.309 e. The van der Waals surface area contributed by atoms with Gasteiger partial charge in [-0.1, -0.05) is 11.6 Å². The Kier molecular flexibility index (Phi) is 5.17. The lowest BCUT2D eigenvalue weighted by Crippen LogP contribution is -2.20.